The molecule has 9 heteroatoms. The fraction of sp³-hybridized carbons (Fsp3) is 0. The number of hydrogen-bond acceptors (Lipinski definition) is 6. The van der Waals surface area contributed by atoms with Gasteiger partial charge in [0.05, 0.1) is 17.2 Å². The number of phenols is 1. The lowest BCUT2D eigenvalue weighted by Crippen LogP contribution is -2.14. The van der Waals surface area contributed by atoms with Crippen LogP contribution in [0, 0.1) is 0 Å². The normalized spacial score (nSPS) is 11.4. The number of benzene rings is 3. The maximum Gasteiger partial charge on any atom is 0.261 e. The molecule has 4 N–H and O–H groups in total. The number of para-hydroxylation sites is 2. The second-order valence-electron chi connectivity index (χ2n) is 7.26. The number of aromatic nitrogens is 3. The topological polar surface area (TPSA) is 118 Å². The van der Waals surface area contributed by atoms with Crippen LogP contribution in [-0.4, -0.2) is 31.9 Å². The molecule has 0 bridgehead atoms. The van der Waals surface area contributed by atoms with E-state index in [1.807, 2.05) is 24.3 Å². The molecule has 1 amide bonds. The number of carbonyl (C=O) groups excluding carboxylic acids is 1. The van der Waals surface area contributed by atoms with Crippen molar-refractivity contribution in [1.29, 1.82) is 0 Å². The first-order valence-corrected chi connectivity index (χ1v) is 10.3. The van der Waals surface area contributed by atoms with E-state index in [4.69, 9.17) is 17.3 Å². The average molecular weight is 457 g/mol. The highest BCUT2D eigenvalue weighted by Gasteiger charge is 2.24. The van der Waals surface area contributed by atoms with Gasteiger partial charge >= 0.3 is 0 Å². The van der Waals surface area contributed by atoms with Crippen molar-refractivity contribution in [2.75, 3.05) is 11.1 Å². The number of halogens is 1. The summed E-state index contributed by atoms with van der Waals surface area (Å²) in [6, 6.07) is 20.7. The summed E-state index contributed by atoms with van der Waals surface area (Å²) >= 11 is 5.94. The zero-order valence-electron chi connectivity index (χ0n) is 17.1. The van der Waals surface area contributed by atoms with Crippen LogP contribution in [0.15, 0.2) is 77.9 Å². The summed E-state index contributed by atoms with van der Waals surface area (Å²) in [6.45, 7) is 0. The van der Waals surface area contributed by atoms with Gasteiger partial charge in [0, 0.05) is 10.7 Å². The van der Waals surface area contributed by atoms with Gasteiger partial charge in [0.25, 0.3) is 5.91 Å². The van der Waals surface area contributed by atoms with Crippen LogP contribution in [-0.2, 0) is 0 Å². The minimum atomic E-state index is -0.448. The molecular weight excluding hydrogens is 440 g/mol. The molecule has 2 heterocycles. The number of amides is 1. The SMILES string of the molecule is Nc1c(C(=O)Nc2ccc(Cl)cc2)c2nc3ccccc3nc2n1/N=C/c1cccc(O)c1. The van der Waals surface area contributed by atoms with Gasteiger partial charge in [-0.2, -0.15) is 9.78 Å². The summed E-state index contributed by atoms with van der Waals surface area (Å²) in [6.07, 6.45) is 1.52. The molecule has 0 aliphatic heterocycles. The fourth-order valence-corrected chi connectivity index (χ4v) is 3.57. The van der Waals surface area contributed by atoms with Crippen molar-refractivity contribution in [2.24, 2.45) is 5.10 Å². The molecule has 0 saturated heterocycles. The number of phenolic OH excluding ortho intramolecular Hbond substituents is 1. The Hall–Kier alpha value is -4.43. The molecule has 162 valence electrons. The monoisotopic (exact) mass is 456 g/mol. The van der Waals surface area contributed by atoms with Crippen molar-refractivity contribution in [3.8, 4) is 5.75 Å². The Bertz CT molecular complexity index is 1540. The molecule has 5 rings (SSSR count). The van der Waals surface area contributed by atoms with Crippen LogP contribution < -0.4 is 11.1 Å². The number of anilines is 2. The lowest BCUT2D eigenvalue weighted by Gasteiger charge is -2.05. The Labute approximate surface area is 193 Å². The van der Waals surface area contributed by atoms with E-state index in [1.165, 1.54) is 10.9 Å². The van der Waals surface area contributed by atoms with E-state index in [0.717, 1.165) is 0 Å². The number of rotatable bonds is 4. The van der Waals surface area contributed by atoms with Gasteiger partial charge in [0.2, 0.25) is 0 Å². The molecule has 0 aliphatic rings. The summed E-state index contributed by atoms with van der Waals surface area (Å²) in [7, 11) is 0. The molecule has 3 aromatic carbocycles. The summed E-state index contributed by atoms with van der Waals surface area (Å²) in [5.41, 5.74) is 9.68. The summed E-state index contributed by atoms with van der Waals surface area (Å²) in [4.78, 5) is 22.5. The lowest BCUT2D eigenvalue weighted by molar-refractivity contribution is 0.102. The molecule has 0 saturated carbocycles. The molecule has 2 aromatic heterocycles. The van der Waals surface area contributed by atoms with Crippen LogP contribution in [0.25, 0.3) is 22.2 Å². The summed E-state index contributed by atoms with van der Waals surface area (Å²) in [5, 5.41) is 17.5. The van der Waals surface area contributed by atoms with Gasteiger partial charge < -0.3 is 16.2 Å². The molecule has 0 aliphatic carbocycles. The molecular formula is C24H17ClN6O2. The largest absolute Gasteiger partial charge is 0.508 e. The molecule has 0 radical (unpaired) electrons. The number of carbonyl (C=O) groups is 1. The number of aromatic hydroxyl groups is 1. The van der Waals surface area contributed by atoms with Gasteiger partial charge in [-0.1, -0.05) is 35.9 Å². The van der Waals surface area contributed by atoms with Gasteiger partial charge in [0.1, 0.15) is 22.6 Å². The first-order valence-electron chi connectivity index (χ1n) is 9.96. The van der Waals surface area contributed by atoms with E-state index in [-0.39, 0.29) is 17.1 Å². The number of nitrogen functional groups attached to an aromatic ring is 1. The number of nitrogens with zero attached hydrogens (tertiary/aromatic N) is 4. The first kappa shape index (κ1) is 20.5. The highest BCUT2D eigenvalue weighted by atomic mass is 35.5. The molecule has 0 spiro atoms. The van der Waals surface area contributed by atoms with Crippen LogP contribution in [0.5, 0.6) is 5.75 Å². The highest BCUT2D eigenvalue weighted by molar-refractivity contribution is 6.30. The quantitative estimate of drug-likeness (QED) is 0.340. The third-order valence-electron chi connectivity index (χ3n) is 5.00. The Balaban J connectivity index is 1.66. The van der Waals surface area contributed by atoms with E-state index in [0.29, 0.717) is 38.5 Å². The zero-order chi connectivity index (χ0) is 22.9. The van der Waals surface area contributed by atoms with Crippen molar-refractivity contribution in [1.82, 2.24) is 14.6 Å². The van der Waals surface area contributed by atoms with E-state index in [9.17, 15) is 9.90 Å². The van der Waals surface area contributed by atoms with Gasteiger partial charge in [0.15, 0.2) is 5.65 Å². The molecule has 0 fully saturated rings. The molecule has 0 unspecified atom stereocenters. The van der Waals surface area contributed by atoms with Crippen LogP contribution in [0.4, 0.5) is 11.5 Å². The Morgan fingerprint density at radius 3 is 2.48 bits per heavy atom. The van der Waals surface area contributed by atoms with Gasteiger partial charge in [-0.3, -0.25) is 4.79 Å². The predicted molar refractivity (Wildman–Crippen MR) is 130 cm³/mol. The van der Waals surface area contributed by atoms with E-state index < -0.39 is 5.91 Å². The minimum absolute atomic E-state index is 0.0863. The van der Waals surface area contributed by atoms with Crippen LogP contribution >= 0.6 is 11.6 Å². The summed E-state index contributed by atoms with van der Waals surface area (Å²) < 4.78 is 1.37. The highest BCUT2D eigenvalue weighted by Crippen LogP contribution is 2.29. The van der Waals surface area contributed by atoms with Crippen molar-refractivity contribution < 1.29 is 9.90 Å². The Kier molecular flexibility index (Phi) is 5.12. The lowest BCUT2D eigenvalue weighted by atomic mass is 10.2. The van der Waals surface area contributed by atoms with Crippen molar-refractivity contribution >= 4 is 57.4 Å². The van der Waals surface area contributed by atoms with Crippen LogP contribution in [0.3, 0.4) is 0 Å². The minimum Gasteiger partial charge on any atom is -0.508 e. The molecule has 8 nitrogen and oxygen atoms in total. The maximum absolute atomic E-state index is 13.2. The fourth-order valence-electron chi connectivity index (χ4n) is 3.44. The second-order valence-corrected chi connectivity index (χ2v) is 7.69. The predicted octanol–water partition coefficient (Wildman–Crippen LogP) is 4.66. The van der Waals surface area contributed by atoms with E-state index >= 15 is 0 Å². The van der Waals surface area contributed by atoms with Gasteiger partial charge in [-0.25, -0.2) is 9.97 Å². The zero-order valence-corrected chi connectivity index (χ0v) is 17.9. The number of nitrogens with two attached hydrogens (primary N) is 1. The first-order chi connectivity index (χ1) is 16.0. The third kappa shape index (κ3) is 3.95. The molecule has 5 aromatic rings. The average Bonchev–Trinajstić information content (AvgIpc) is 3.08. The van der Waals surface area contributed by atoms with Crippen molar-refractivity contribution in [3.05, 3.63) is 88.9 Å². The Morgan fingerprint density at radius 2 is 1.76 bits per heavy atom. The molecule has 33 heavy (non-hydrogen) atoms. The van der Waals surface area contributed by atoms with E-state index in [1.54, 1.807) is 48.5 Å². The molecule has 0 atom stereocenters. The smallest absolute Gasteiger partial charge is 0.261 e. The van der Waals surface area contributed by atoms with E-state index in [2.05, 4.69) is 20.4 Å². The van der Waals surface area contributed by atoms with Crippen molar-refractivity contribution in [2.45, 2.75) is 0 Å². The van der Waals surface area contributed by atoms with Crippen LogP contribution in [0.2, 0.25) is 5.02 Å². The third-order valence-corrected chi connectivity index (χ3v) is 5.25. The number of hydrogen-bond donors (Lipinski definition) is 3. The maximum atomic E-state index is 13.2. The van der Waals surface area contributed by atoms with Gasteiger partial charge in [-0.15, -0.1) is 0 Å². The standard InChI is InChI=1S/C24H17ClN6O2/c25-15-8-10-16(11-9-15)28-24(33)20-21-23(30-19-7-2-1-6-18(19)29-21)31(22(20)26)27-13-14-4-3-5-17(32)12-14/h1-13,32H,26H2,(H,28,33)/b27-13+. The summed E-state index contributed by atoms with van der Waals surface area (Å²) in [5.74, 6) is -0.253. The number of fused-ring (bicyclic) bond motifs is 2. The van der Waals surface area contributed by atoms with Crippen LogP contribution in [0.1, 0.15) is 15.9 Å². The number of nitrogens with one attached hydrogen (secondary N) is 1. The van der Waals surface area contributed by atoms with Crippen molar-refractivity contribution in [3.63, 3.8) is 0 Å². The van der Waals surface area contributed by atoms with Gasteiger partial charge in [-0.05, 0) is 54.1 Å². The second kappa shape index (κ2) is 8.25. The Morgan fingerprint density at radius 1 is 1.03 bits per heavy atom.